The van der Waals surface area contributed by atoms with E-state index in [2.05, 4.69) is 30.0 Å². The van der Waals surface area contributed by atoms with Gasteiger partial charge in [-0.3, -0.25) is 4.90 Å². The summed E-state index contributed by atoms with van der Waals surface area (Å²) in [5, 5.41) is 0. The van der Waals surface area contributed by atoms with Crippen LogP contribution in [0, 0.1) is 12.8 Å². The summed E-state index contributed by atoms with van der Waals surface area (Å²) in [5.41, 5.74) is 8.25. The molecule has 0 bridgehead atoms. The lowest BCUT2D eigenvalue weighted by Gasteiger charge is -2.31. The van der Waals surface area contributed by atoms with Gasteiger partial charge in [0.05, 0.1) is 7.11 Å². The molecular formula is C15H25ClN2O. The SMILES string of the molecule is COc1cc(CN2CCC(CN)CC2)ccc1C.Cl. The van der Waals surface area contributed by atoms with Crippen LogP contribution in [-0.2, 0) is 6.54 Å². The van der Waals surface area contributed by atoms with Crippen molar-refractivity contribution in [2.75, 3.05) is 26.7 Å². The summed E-state index contributed by atoms with van der Waals surface area (Å²) in [6.07, 6.45) is 2.47. The van der Waals surface area contributed by atoms with Crippen molar-refractivity contribution in [3.8, 4) is 5.75 Å². The minimum Gasteiger partial charge on any atom is -0.496 e. The molecular weight excluding hydrogens is 260 g/mol. The first-order chi connectivity index (χ1) is 8.72. The highest BCUT2D eigenvalue weighted by atomic mass is 35.5. The first-order valence-electron chi connectivity index (χ1n) is 6.79. The Kier molecular flexibility index (Phi) is 6.63. The zero-order valence-corrected chi connectivity index (χ0v) is 12.7. The quantitative estimate of drug-likeness (QED) is 0.924. The van der Waals surface area contributed by atoms with Crippen molar-refractivity contribution < 1.29 is 4.74 Å². The number of ether oxygens (including phenoxy) is 1. The Bertz CT molecular complexity index is 390. The lowest BCUT2D eigenvalue weighted by atomic mass is 9.97. The van der Waals surface area contributed by atoms with E-state index < -0.39 is 0 Å². The van der Waals surface area contributed by atoms with E-state index in [1.54, 1.807) is 7.11 Å². The number of benzene rings is 1. The minimum atomic E-state index is 0. The lowest BCUT2D eigenvalue weighted by molar-refractivity contribution is 0.180. The van der Waals surface area contributed by atoms with Crippen molar-refractivity contribution in [3.05, 3.63) is 29.3 Å². The molecule has 1 aromatic carbocycles. The highest BCUT2D eigenvalue weighted by Gasteiger charge is 2.18. The van der Waals surface area contributed by atoms with Gasteiger partial charge in [-0.15, -0.1) is 12.4 Å². The van der Waals surface area contributed by atoms with E-state index in [9.17, 15) is 0 Å². The fourth-order valence-electron chi connectivity index (χ4n) is 2.60. The van der Waals surface area contributed by atoms with E-state index in [-0.39, 0.29) is 12.4 Å². The third-order valence-electron chi connectivity index (χ3n) is 3.92. The molecule has 3 nitrogen and oxygen atoms in total. The third kappa shape index (κ3) is 4.37. The maximum Gasteiger partial charge on any atom is 0.122 e. The Hall–Kier alpha value is -0.770. The van der Waals surface area contributed by atoms with Gasteiger partial charge in [-0.05, 0) is 62.5 Å². The largest absolute Gasteiger partial charge is 0.496 e. The van der Waals surface area contributed by atoms with Crippen molar-refractivity contribution in [2.24, 2.45) is 11.7 Å². The van der Waals surface area contributed by atoms with Gasteiger partial charge in [0.1, 0.15) is 5.75 Å². The molecule has 1 saturated heterocycles. The minimum absolute atomic E-state index is 0. The first kappa shape index (κ1) is 16.3. The number of nitrogens with two attached hydrogens (primary N) is 1. The molecule has 1 heterocycles. The van der Waals surface area contributed by atoms with Crippen LogP contribution < -0.4 is 10.5 Å². The Morgan fingerprint density at radius 2 is 2.00 bits per heavy atom. The van der Waals surface area contributed by atoms with Crippen LogP contribution in [0.5, 0.6) is 5.75 Å². The van der Waals surface area contributed by atoms with Gasteiger partial charge in [-0.2, -0.15) is 0 Å². The molecule has 0 radical (unpaired) electrons. The number of rotatable bonds is 4. The normalized spacial score (nSPS) is 17.0. The van der Waals surface area contributed by atoms with Crippen molar-refractivity contribution in [2.45, 2.75) is 26.3 Å². The second-order valence-electron chi connectivity index (χ2n) is 5.26. The number of nitrogens with zero attached hydrogens (tertiary/aromatic N) is 1. The molecule has 2 rings (SSSR count). The monoisotopic (exact) mass is 284 g/mol. The maximum absolute atomic E-state index is 5.72. The average molecular weight is 285 g/mol. The fourth-order valence-corrected chi connectivity index (χ4v) is 2.60. The van der Waals surface area contributed by atoms with Crippen molar-refractivity contribution in [1.29, 1.82) is 0 Å². The van der Waals surface area contributed by atoms with Gasteiger partial charge in [0.15, 0.2) is 0 Å². The summed E-state index contributed by atoms with van der Waals surface area (Å²) in [7, 11) is 1.73. The Balaban J connectivity index is 0.00000180. The van der Waals surface area contributed by atoms with Gasteiger partial charge < -0.3 is 10.5 Å². The van der Waals surface area contributed by atoms with Crippen LogP contribution in [0.25, 0.3) is 0 Å². The van der Waals surface area contributed by atoms with Gasteiger partial charge in [0, 0.05) is 6.54 Å². The van der Waals surface area contributed by atoms with Gasteiger partial charge in [0.25, 0.3) is 0 Å². The molecule has 0 spiro atoms. The van der Waals surface area contributed by atoms with Gasteiger partial charge in [-0.1, -0.05) is 12.1 Å². The number of methoxy groups -OCH3 is 1. The molecule has 0 aliphatic carbocycles. The smallest absolute Gasteiger partial charge is 0.122 e. The Morgan fingerprint density at radius 3 is 2.58 bits per heavy atom. The molecule has 4 heteroatoms. The van der Waals surface area contributed by atoms with Crippen LogP contribution in [0.2, 0.25) is 0 Å². The number of piperidine rings is 1. The second-order valence-corrected chi connectivity index (χ2v) is 5.26. The fraction of sp³-hybridized carbons (Fsp3) is 0.600. The molecule has 1 aromatic rings. The van der Waals surface area contributed by atoms with Gasteiger partial charge >= 0.3 is 0 Å². The molecule has 0 saturated carbocycles. The number of hydrogen-bond acceptors (Lipinski definition) is 3. The Morgan fingerprint density at radius 1 is 1.32 bits per heavy atom. The van der Waals surface area contributed by atoms with E-state index in [0.717, 1.165) is 37.8 Å². The molecule has 1 fully saturated rings. The third-order valence-corrected chi connectivity index (χ3v) is 3.92. The van der Waals surface area contributed by atoms with E-state index in [1.807, 2.05) is 0 Å². The summed E-state index contributed by atoms with van der Waals surface area (Å²) < 4.78 is 5.37. The zero-order valence-electron chi connectivity index (χ0n) is 11.9. The first-order valence-corrected chi connectivity index (χ1v) is 6.79. The van der Waals surface area contributed by atoms with E-state index in [1.165, 1.54) is 24.0 Å². The van der Waals surface area contributed by atoms with E-state index in [4.69, 9.17) is 10.5 Å². The summed E-state index contributed by atoms with van der Waals surface area (Å²) >= 11 is 0. The average Bonchev–Trinajstić information content (AvgIpc) is 2.42. The van der Waals surface area contributed by atoms with Gasteiger partial charge in [-0.25, -0.2) is 0 Å². The van der Waals surface area contributed by atoms with Crippen LogP contribution in [0.1, 0.15) is 24.0 Å². The number of halogens is 1. The highest BCUT2D eigenvalue weighted by molar-refractivity contribution is 5.85. The second kappa shape index (κ2) is 7.73. The standard InChI is InChI=1S/C15H24N2O.ClH/c1-12-3-4-14(9-15(12)18-2)11-17-7-5-13(10-16)6-8-17;/h3-4,9,13H,5-8,10-11,16H2,1-2H3;1H. The molecule has 108 valence electrons. The molecule has 0 aromatic heterocycles. The molecule has 0 amide bonds. The van der Waals surface area contributed by atoms with Crippen LogP contribution in [-0.4, -0.2) is 31.6 Å². The molecule has 19 heavy (non-hydrogen) atoms. The van der Waals surface area contributed by atoms with Crippen molar-refractivity contribution >= 4 is 12.4 Å². The summed E-state index contributed by atoms with van der Waals surface area (Å²) in [6, 6.07) is 6.50. The predicted molar refractivity (Wildman–Crippen MR) is 82.0 cm³/mol. The topological polar surface area (TPSA) is 38.5 Å². The number of aryl methyl sites for hydroxylation is 1. The van der Waals surface area contributed by atoms with Crippen molar-refractivity contribution in [1.82, 2.24) is 4.90 Å². The van der Waals surface area contributed by atoms with Crippen LogP contribution in [0.3, 0.4) is 0 Å². The highest BCUT2D eigenvalue weighted by Crippen LogP contribution is 2.22. The van der Waals surface area contributed by atoms with Crippen LogP contribution >= 0.6 is 12.4 Å². The van der Waals surface area contributed by atoms with Crippen LogP contribution in [0.4, 0.5) is 0 Å². The van der Waals surface area contributed by atoms with Gasteiger partial charge in [0.2, 0.25) is 0 Å². The zero-order chi connectivity index (χ0) is 13.0. The van der Waals surface area contributed by atoms with Crippen molar-refractivity contribution in [3.63, 3.8) is 0 Å². The van der Waals surface area contributed by atoms with Crippen LogP contribution in [0.15, 0.2) is 18.2 Å². The summed E-state index contributed by atoms with van der Waals surface area (Å²) in [5.74, 6) is 1.72. The summed E-state index contributed by atoms with van der Waals surface area (Å²) in [4.78, 5) is 2.51. The van der Waals surface area contributed by atoms with E-state index >= 15 is 0 Å². The lowest BCUT2D eigenvalue weighted by Crippen LogP contribution is -2.35. The molecule has 1 aliphatic rings. The van der Waals surface area contributed by atoms with E-state index in [0.29, 0.717) is 0 Å². The Labute approximate surface area is 122 Å². The predicted octanol–water partition coefficient (Wildman–Crippen LogP) is 2.60. The summed E-state index contributed by atoms with van der Waals surface area (Å²) in [6.45, 7) is 6.27. The molecule has 0 unspecified atom stereocenters. The molecule has 1 aliphatic heterocycles. The number of likely N-dealkylation sites (tertiary alicyclic amines) is 1. The number of hydrogen-bond donors (Lipinski definition) is 1. The molecule has 2 N–H and O–H groups in total. The molecule has 0 atom stereocenters. The maximum atomic E-state index is 5.72.